The van der Waals surface area contributed by atoms with Crippen LogP contribution in [0.3, 0.4) is 0 Å². The molecule has 5 rings (SSSR count). The number of amides is 2. The number of hydrogen-bond acceptors (Lipinski definition) is 5. The van der Waals surface area contributed by atoms with E-state index in [-0.39, 0.29) is 18.2 Å². The average molecular weight is 498 g/mol. The molecule has 36 heavy (non-hydrogen) atoms. The Bertz CT molecular complexity index is 1300. The molecule has 0 saturated carbocycles. The molecule has 2 aromatic carbocycles. The summed E-state index contributed by atoms with van der Waals surface area (Å²) >= 11 is 0. The van der Waals surface area contributed by atoms with Crippen LogP contribution < -0.4 is 5.32 Å². The van der Waals surface area contributed by atoms with Crippen molar-refractivity contribution in [3.05, 3.63) is 77.0 Å². The van der Waals surface area contributed by atoms with E-state index in [1.54, 1.807) is 6.20 Å². The molecular weight excluding hydrogens is 471 g/mol. The number of aromatic nitrogens is 1. The van der Waals surface area contributed by atoms with E-state index >= 15 is 0 Å². The van der Waals surface area contributed by atoms with Crippen molar-refractivity contribution in [2.45, 2.75) is 49.9 Å². The van der Waals surface area contributed by atoms with E-state index in [1.807, 2.05) is 24.3 Å². The van der Waals surface area contributed by atoms with Gasteiger partial charge in [-0.15, -0.1) is 0 Å². The number of halogens is 3. The summed E-state index contributed by atoms with van der Waals surface area (Å²) in [6.45, 7) is 1.72. The van der Waals surface area contributed by atoms with Crippen molar-refractivity contribution in [2.24, 2.45) is 0 Å². The van der Waals surface area contributed by atoms with Crippen LogP contribution in [0.1, 0.15) is 53.9 Å². The maximum absolute atomic E-state index is 12.8. The van der Waals surface area contributed by atoms with E-state index in [9.17, 15) is 27.9 Å². The Morgan fingerprint density at radius 1 is 1.06 bits per heavy atom. The van der Waals surface area contributed by atoms with E-state index in [0.29, 0.717) is 38.9 Å². The number of alkyl halides is 3. The first-order chi connectivity index (χ1) is 17.1. The number of nitrogens with zero attached hydrogens (tertiary/aromatic N) is 2. The molecule has 2 aliphatic rings. The van der Waals surface area contributed by atoms with Crippen molar-refractivity contribution in [1.82, 2.24) is 15.2 Å². The SMILES string of the molecule is O=C1CCC(c2cnc3ccc(C4(O)CCN(Cc5ccc(C(F)(F)F)cc5)CC4)cc3c2)C(=O)N1. The van der Waals surface area contributed by atoms with Crippen LogP contribution in [0.2, 0.25) is 0 Å². The topological polar surface area (TPSA) is 82.5 Å². The van der Waals surface area contributed by atoms with Gasteiger partial charge in [0.2, 0.25) is 11.8 Å². The van der Waals surface area contributed by atoms with Crippen LogP contribution in [-0.4, -0.2) is 39.9 Å². The molecule has 0 spiro atoms. The summed E-state index contributed by atoms with van der Waals surface area (Å²) in [5.41, 5.74) is 1.36. The minimum absolute atomic E-state index is 0.265. The second-order valence-corrected chi connectivity index (χ2v) is 9.68. The van der Waals surface area contributed by atoms with E-state index in [2.05, 4.69) is 15.2 Å². The summed E-state index contributed by atoms with van der Waals surface area (Å²) < 4.78 is 38.4. The van der Waals surface area contributed by atoms with Crippen LogP contribution >= 0.6 is 0 Å². The molecule has 2 amide bonds. The van der Waals surface area contributed by atoms with Gasteiger partial charge in [0.05, 0.1) is 22.6 Å². The van der Waals surface area contributed by atoms with Crippen molar-refractivity contribution in [3.8, 4) is 0 Å². The molecule has 3 heterocycles. The van der Waals surface area contributed by atoms with Gasteiger partial charge in [0.1, 0.15) is 0 Å². The highest BCUT2D eigenvalue weighted by atomic mass is 19.4. The molecular formula is C27H26F3N3O3. The second kappa shape index (κ2) is 9.29. The molecule has 0 bridgehead atoms. The van der Waals surface area contributed by atoms with Gasteiger partial charge in [0, 0.05) is 37.6 Å². The number of carbonyl (C=O) groups excluding carboxylic acids is 2. The van der Waals surface area contributed by atoms with E-state index < -0.39 is 23.3 Å². The first-order valence-electron chi connectivity index (χ1n) is 12.0. The molecule has 9 heteroatoms. The fourth-order valence-corrected chi connectivity index (χ4v) is 5.07. The van der Waals surface area contributed by atoms with Crippen molar-refractivity contribution in [2.75, 3.05) is 13.1 Å². The number of nitrogens with one attached hydrogen (secondary N) is 1. The lowest BCUT2D eigenvalue weighted by Crippen LogP contribution is -2.42. The second-order valence-electron chi connectivity index (χ2n) is 9.68. The Kier molecular flexibility index (Phi) is 6.30. The molecule has 2 aliphatic heterocycles. The number of imide groups is 1. The third-order valence-corrected chi connectivity index (χ3v) is 7.25. The van der Waals surface area contributed by atoms with Crippen LogP contribution in [0.15, 0.2) is 54.7 Å². The molecule has 1 aromatic heterocycles. The third-order valence-electron chi connectivity index (χ3n) is 7.25. The zero-order valence-corrected chi connectivity index (χ0v) is 19.5. The summed E-state index contributed by atoms with van der Waals surface area (Å²) in [4.78, 5) is 30.3. The maximum Gasteiger partial charge on any atom is 0.416 e. The molecule has 2 saturated heterocycles. The van der Waals surface area contributed by atoms with Crippen molar-refractivity contribution < 1.29 is 27.9 Å². The van der Waals surface area contributed by atoms with Gasteiger partial charge in [-0.2, -0.15) is 13.2 Å². The number of benzene rings is 2. The number of carbonyl (C=O) groups is 2. The summed E-state index contributed by atoms with van der Waals surface area (Å²) in [5.74, 6) is -1.01. The number of aliphatic hydroxyl groups is 1. The van der Waals surface area contributed by atoms with Gasteiger partial charge in [-0.3, -0.25) is 24.8 Å². The number of likely N-dealkylation sites (tertiary alicyclic amines) is 1. The molecule has 2 fully saturated rings. The summed E-state index contributed by atoms with van der Waals surface area (Å²) in [5, 5.41) is 14.6. The third kappa shape index (κ3) is 4.99. The van der Waals surface area contributed by atoms with Gasteiger partial charge in [0.15, 0.2) is 0 Å². The van der Waals surface area contributed by atoms with E-state index in [1.165, 1.54) is 12.1 Å². The highest BCUT2D eigenvalue weighted by Gasteiger charge is 2.35. The number of pyridine rings is 1. The molecule has 188 valence electrons. The minimum atomic E-state index is -4.35. The fraction of sp³-hybridized carbons (Fsp3) is 0.370. The number of rotatable bonds is 4. The van der Waals surface area contributed by atoms with Gasteiger partial charge in [-0.1, -0.05) is 18.2 Å². The molecule has 1 unspecified atom stereocenters. The van der Waals surface area contributed by atoms with E-state index in [4.69, 9.17) is 0 Å². The van der Waals surface area contributed by atoms with Crippen LogP contribution in [-0.2, 0) is 27.9 Å². The number of fused-ring (bicyclic) bond motifs is 1. The first kappa shape index (κ1) is 24.4. The lowest BCUT2D eigenvalue weighted by Gasteiger charge is -2.38. The summed E-state index contributed by atoms with van der Waals surface area (Å²) in [6.07, 6.45) is -0.985. The van der Waals surface area contributed by atoms with Crippen molar-refractivity contribution in [1.29, 1.82) is 0 Å². The van der Waals surface area contributed by atoms with Crippen LogP contribution in [0.4, 0.5) is 13.2 Å². The van der Waals surface area contributed by atoms with Gasteiger partial charge in [-0.05, 0) is 66.3 Å². The average Bonchev–Trinajstić information content (AvgIpc) is 2.85. The lowest BCUT2D eigenvalue weighted by molar-refractivity contribution is -0.138. The quantitative estimate of drug-likeness (QED) is 0.527. The Labute approximate surface area is 206 Å². The predicted molar refractivity (Wildman–Crippen MR) is 127 cm³/mol. The van der Waals surface area contributed by atoms with Gasteiger partial charge in [0.25, 0.3) is 0 Å². The largest absolute Gasteiger partial charge is 0.416 e. The standard InChI is InChI=1S/C27H26F3N3O3/c28-27(29,30)20-3-1-17(2-4-20)16-33-11-9-26(36,10-12-33)21-5-7-23-18(14-21)13-19(15-31-23)22-6-8-24(34)32-25(22)35/h1-5,7,13-15,22,36H,6,8-12,16H2,(H,32,34,35). The smallest absolute Gasteiger partial charge is 0.385 e. The maximum atomic E-state index is 12.8. The lowest BCUT2D eigenvalue weighted by atomic mass is 9.83. The number of hydrogen-bond donors (Lipinski definition) is 2. The zero-order valence-electron chi connectivity index (χ0n) is 19.5. The van der Waals surface area contributed by atoms with Gasteiger partial charge < -0.3 is 5.11 Å². The first-order valence-corrected chi connectivity index (χ1v) is 12.0. The molecule has 3 aromatic rings. The predicted octanol–water partition coefficient (Wildman–Crippen LogP) is 4.26. The number of piperidine rings is 2. The zero-order chi connectivity index (χ0) is 25.5. The highest BCUT2D eigenvalue weighted by Crippen LogP contribution is 2.36. The highest BCUT2D eigenvalue weighted by molar-refractivity contribution is 6.01. The van der Waals surface area contributed by atoms with Gasteiger partial charge >= 0.3 is 6.18 Å². The van der Waals surface area contributed by atoms with Gasteiger partial charge in [-0.25, -0.2) is 0 Å². The summed E-state index contributed by atoms with van der Waals surface area (Å²) in [7, 11) is 0. The Morgan fingerprint density at radius 3 is 2.44 bits per heavy atom. The van der Waals surface area contributed by atoms with Crippen LogP contribution in [0.5, 0.6) is 0 Å². The monoisotopic (exact) mass is 497 g/mol. The van der Waals surface area contributed by atoms with E-state index in [0.717, 1.165) is 39.7 Å². The van der Waals surface area contributed by atoms with Crippen molar-refractivity contribution in [3.63, 3.8) is 0 Å². The molecule has 6 nitrogen and oxygen atoms in total. The normalized spacial score (nSPS) is 20.9. The fourth-order valence-electron chi connectivity index (χ4n) is 5.07. The minimum Gasteiger partial charge on any atom is -0.385 e. The molecule has 1 atom stereocenters. The molecule has 0 aliphatic carbocycles. The molecule has 2 N–H and O–H groups in total. The van der Waals surface area contributed by atoms with Crippen LogP contribution in [0.25, 0.3) is 10.9 Å². The summed E-state index contributed by atoms with van der Waals surface area (Å²) in [6, 6.07) is 12.7. The van der Waals surface area contributed by atoms with Crippen LogP contribution in [0, 0.1) is 0 Å². The Hall–Kier alpha value is -3.30. The van der Waals surface area contributed by atoms with Crippen molar-refractivity contribution >= 4 is 22.7 Å². The molecule has 0 radical (unpaired) electrons. The Morgan fingerprint density at radius 2 is 1.78 bits per heavy atom. The Balaban J connectivity index is 1.28.